The third kappa shape index (κ3) is 3.25. The van der Waals surface area contributed by atoms with Crippen LogP contribution in [0.4, 0.5) is 0 Å². The molecule has 2 heterocycles. The predicted octanol–water partition coefficient (Wildman–Crippen LogP) is 7.26. The van der Waals surface area contributed by atoms with Crippen LogP contribution < -0.4 is 9.47 Å². The van der Waals surface area contributed by atoms with E-state index in [-0.39, 0.29) is 11.5 Å². The molecule has 0 spiro atoms. The second-order valence-electron chi connectivity index (χ2n) is 12.7. The molecular weight excluding hydrogens is 716 g/mol. The number of halogens is 2. The first-order valence-corrected chi connectivity index (χ1v) is 16.3. The summed E-state index contributed by atoms with van der Waals surface area (Å²) in [5.41, 5.74) is -5.88. The van der Waals surface area contributed by atoms with Crippen LogP contribution >= 0.6 is 31.9 Å². The van der Waals surface area contributed by atoms with E-state index in [0.29, 0.717) is 31.2 Å². The molecule has 7 nitrogen and oxygen atoms in total. The summed E-state index contributed by atoms with van der Waals surface area (Å²) in [7, 11) is 0. The van der Waals surface area contributed by atoms with E-state index in [2.05, 4.69) is 31.9 Å². The number of ether oxygens (including phenoxy) is 2. The highest BCUT2D eigenvalue weighted by Crippen LogP contribution is 2.87. The molecule has 4 aliphatic rings. The molecule has 8 rings (SSSR count). The number of Topliss-reactive ketones (excluding diaryl/α,β-unsaturated/α-hetero) is 3. The van der Waals surface area contributed by atoms with Crippen LogP contribution in [0.3, 0.4) is 0 Å². The first-order valence-electron chi connectivity index (χ1n) is 14.7. The van der Waals surface area contributed by atoms with Gasteiger partial charge in [0.05, 0.1) is 10.8 Å². The quantitative estimate of drug-likeness (QED) is 0.0888. The molecule has 2 fully saturated rings. The standard InChI is InChI=1S/C37H24Br2O7/c1-34(29(40)19-9-5-3-6-10-19)27-23-17-21(38)13-15-25(23)45-32(43)36(27,34)31(42)37-28(24-18-22(39)14-16-26(24)46-33(37)44)35(37,2)30(41)20-11-7-4-8-12-20/h3-18,27-28H,1-2H3/t27-,28-,34+,35+,36-,37-/m0/s1. The van der Waals surface area contributed by atoms with Crippen LogP contribution in [0.25, 0.3) is 0 Å². The van der Waals surface area contributed by atoms with E-state index >= 15 is 4.79 Å². The van der Waals surface area contributed by atoms with Gasteiger partial charge in [-0.15, -0.1) is 0 Å². The molecule has 0 unspecified atom stereocenters. The van der Waals surface area contributed by atoms with Crippen molar-refractivity contribution in [2.24, 2.45) is 21.7 Å². The summed E-state index contributed by atoms with van der Waals surface area (Å²) in [5.74, 6) is -5.01. The number of hydrogen-bond acceptors (Lipinski definition) is 7. The Morgan fingerprint density at radius 3 is 1.33 bits per heavy atom. The largest absolute Gasteiger partial charge is 0.425 e. The van der Waals surface area contributed by atoms with Gasteiger partial charge in [0.25, 0.3) is 0 Å². The predicted molar refractivity (Wildman–Crippen MR) is 173 cm³/mol. The average molecular weight is 740 g/mol. The second-order valence-corrected chi connectivity index (χ2v) is 14.6. The summed E-state index contributed by atoms with van der Waals surface area (Å²) in [6.45, 7) is 3.18. The fourth-order valence-corrected chi connectivity index (χ4v) is 9.41. The molecule has 2 aliphatic heterocycles. The first-order chi connectivity index (χ1) is 22.0. The topological polar surface area (TPSA) is 104 Å². The van der Waals surface area contributed by atoms with Crippen LogP contribution in [0.5, 0.6) is 11.5 Å². The molecule has 6 atom stereocenters. The van der Waals surface area contributed by atoms with Crippen molar-refractivity contribution >= 4 is 61.1 Å². The number of carbonyl (C=O) groups excluding carboxylic acids is 5. The van der Waals surface area contributed by atoms with Gasteiger partial charge < -0.3 is 9.47 Å². The maximum Gasteiger partial charge on any atom is 0.326 e. The molecule has 0 amide bonds. The van der Waals surface area contributed by atoms with Gasteiger partial charge >= 0.3 is 11.9 Å². The summed E-state index contributed by atoms with van der Waals surface area (Å²) in [6, 6.07) is 27.0. The Balaban J connectivity index is 1.39. The summed E-state index contributed by atoms with van der Waals surface area (Å²) >= 11 is 6.97. The lowest BCUT2D eigenvalue weighted by atomic mass is 9.73. The van der Waals surface area contributed by atoms with Gasteiger partial charge in [0, 0.05) is 43.0 Å². The third-order valence-corrected chi connectivity index (χ3v) is 11.8. The van der Waals surface area contributed by atoms with Crippen LogP contribution in [0, 0.1) is 21.7 Å². The number of rotatable bonds is 6. The minimum absolute atomic E-state index is 0.236. The van der Waals surface area contributed by atoms with Gasteiger partial charge in [0.15, 0.2) is 17.3 Å². The van der Waals surface area contributed by atoms with Gasteiger partial charge in [-0.3, -0.25) is 24.0 Å². The number of ketones is 3. The van der Waals surface area contributed by atoms with Gasteiger partial charge in [-0.05, 0) is 36.4 Å². The van der Waals surface area contributed by atoms with Gasteiger partial charge in [0.2, 0.25) is 0 Å². The van der Waals surface area contributed by atoms with Crippen molar-refractivity contribution in [3.63, 3.8) is 0 Å². The number of benzene rings is 4. The summed E-state index contributed by atoms with van der Waals surface area (Å²) < 4.78 is 13.0. The number of fused-ring (bicyclic) bond motifs is 6. The van der Waals surface area contributed by atoms with E-state index in [4.69, 9.17) is 9.47 Å². The molecule has 46 heavy (non-hydrogen) atoms. The van der Waals surface area contributed by atoms with Crippen molar-refractivity contribution in [3.05, 3.63) is 128 Å². The van der Waals surface area contributed by atoms with Gasteiger partial charge in [0.1, 0.15) is 22.3 Å². The fourth-order valence-electron chi connectivity index (χ4n) is 8.65. The van der Waals surface area contributed by atoms with E-state index in [1.165, 1.54) is 0 Å². The molecule has 0 N–H and O–H groups in total. The summed E-state index contributed by atoms with van der Waals surface area (Å²) in [6.07, 6.45) is 0. The highest BCUT2D eigenvalue weighted by Gasteiger charge is 2.97. The Bertz CT molecular complexity index is 1930. The SMILES string of the molecule is C[C@]1(C(=O)c2ccccc2)[C@@H]2c3cc(Br)ccc3OC(=O)[C@@]21C(=O)[C@]12C(=O)Oc3ccc(Br)cc3[C@H]1[C@]2(C)C(=O)c1ccccc1. The van der Waals surface area contributed by atoms with Crippen molar-refractivity contribution < 1.29 is 33.4 Å². The number of esters is 2. The van der Waals surface area contributed by atoms with Crippen LogP contribution in [0.2, 0.25) is 0 Å². The zero-order valence-electron chi connectivity index (χ0n) is 24.5. The number of hydrogen-bond donors (Lipinski definition) is 0. The van der Waals surface area contributed by atoms with Crippen molar-refractivity contribution in [2.45, 2.75) is 25.7 Å². The van der Waals surface area contributed by atoms with Crippen molar-refractivity contribution in [3.8, 4) is 11.5 Å². The number of carbonyl (C=O) groups is 5. The van der Waals surface area contributed by atoms with Gasteiger partial charge in [-0.1, -0.05) is 106 Å². The van der Waals surface area contributed by atoms with E-state index in [1.807, 2.05) is 0 Å². The normalized spacial score (nSPS) is 31.2. The zero-order chi connectivity index (χ0) is 32.4. The van der Waals surface area contributed by atoms with E-state index in [1.54, 1.807) is 111 Å². The average Bonchev–Trinajstić information content (AvgIpc) is 3.88. The fraction of sp³-hybridized carbons (Fsp3) is 0.216. The molecule has 0 aromatic heterocycles. The molecule has 9 heteroatoms. The monoisotopic (exact) mass is 738 g/mol. The highest BCUT2D eigenvalue weighted by atomic mass is 79.9. The molecule has 4 aromatic rings. The second kappa shape index (κ2) is 9.42. The maximum atomic E-state index is 15.7. The molecule has 4 aromatic carbocycles. The molecule has 2 saturated carbocycles. The zero-order valence-corrected chi connectivity index (χ0v) is 27.7. The van der Waals surface area contributed by atoms with Crippen LogP contribution in [0.1, 0.15) is 57.5 Å². The Morgan fingerprint density at radius 2 is 0.957 bits per heavy atom. The van der Waals surface area contributed by atoms with E-state index in [9.17, 15) is 19.2 Å². The van der Waals surface area contributed by atoms with Gasteiger partial charge in [-0.2, -0.15) is 0 Å². The minimum atomic E-state index is -2.11. The Hall–Kier alpha value is -4.21. The molecule has 0 saturated heterocycles. The molecular formula is C37H24Br2O7. The lowest BCUT2D eigenvalue weighted by molar-refractivity contribution is -0.157. The smallest absolute Gasteiger partial charge is 0.326 e. The molecule has 228 valence electrons. The first kappa shape index (κ1) is 29.2. The van der Waals surface area contributed by atoms with Crippen LogP contribution in [-0.2, 0) is 14.4 Å². The third-order valence-electron chi connectivity index (χ3n) is 10.8. The Morgan fingerprint density at radius 1 is 0.587 bits per heavy atom. The Kier molecular flexibility index (Phi) is 5.98. The highest BCUT2D eigenvalue weighted by molar-refractivity contribution is 9.10. The molecule has 0 radical (unpaired) electrons. The van der Waals surface area contributed by atoms with E-state index < -0.39 is 62.8 Å². The summed E-state index contributed by atoms with van der Waals surface area (Å²) in [4.78, 5) is 73.5. The molecule has 0 bridgehead atoms. The minimum Gasteiger partial charge on any atom is -0.425 e. The lowest BCUT2D eigenvalue weighted by Gasteiger charge is -2.30. The lowest BCUT2D eigenvalue weighted by Crippen LogP contribution is -2.49. The Labute approximate surface area is 280 Å². The maximum absolute atomic E-state index is 15.7. The van der Waals surface area contributed by atoms with Crippen molar-refractivity contribution in [1.82, 2.24) is 0 Å². The van der Waals surface area contributed by atoms with Crippen molar-refractivity contribution in [1.29, 1.82) is 0 Å². The van der Waals surface area contributed by atoms with E-state index in [0.717, 1.165) is 0 Å². The van der Waals surface area contributed by atoms with Crippen LogP contribution in [-0.4, -0.2) is 29.3 Å². The van der Waals surface area contributed by atoms with Crippen LogP contribution in [0.15, 0.2) is 106 Å². The summed E-state index contributed by atoms with van der Waals surface area (Å²) in [5, 5.41) is 0. The molecule has 2 aliphatic carbocycles. The van der Waals surface area contributed by atoms with Crippen molar-refractivity contribution in [2.75, 3.05) is 0 Å². The van der Waals surface area contributed by atoms with Gasteiger partial charge in [-0.25, -0.2) is 0 Å².